The largest absolute Gasteiger partial charge is 0.477 e. The van der Waals surface area contributed by atoms with Gasteiger partial charge in [0.25, 0.3) is 11.8 Å². The van der Waals surface area contributed by atoms with Crippen molar-refractivity contribution in [3.05, 3.63) is 27.9 Å². The van der Waals surface area contributed by atoms with Gasteiger partial charge in [0.15, 0.2) is 15.2 Å². The van der Waals surface area contributed by atoms with Crippen LogP contribution in [0.1, 0.15) is 19.0 Å². The Morgan fingerprint density at radius 3 is 2.86 bits per heavy atom. The van der Waals surface area contributed by atoms with Crippen LogP contribution in [0.2, 0.25) is 0 Å². The van der Waals surface area contributed by atoms with Crippen molar-refractivity contribution in [1.29, 1.82) is 0 Å². The molecule has 17 heteroatoms. The number of nitrogens with zero attached hydrogens (tertiary/aromatic N) is 5. The molecular weight excluding hydrogens is 549 g/mol. The maximum atomic E-state index is 13.1. The van der Waals surface area contributed by atoms with E-state index in [2.05, 4.69) is 25.7 Å². The van der Waals surface area contributed by atoms with Gasteiger partial charge in [-0.1, -0.05) is 35.2 Å². The average Bonchev–Trinajstić information content (AvgIpc) is 3.55. The molecule has 4 heterocycles. The highest BCUT2D eigenvalue weighted by Crippen LogP contribution is 2.41. The van der Waals surface area contributed by atoms with Gasteiger partial charge in [-0.25, -0.2) is 9.78 Å². The zero-order valence-corrected chi connectivity index (χ0v) is 22.1. The molecule has 0 aliphatic carbocycles. The molecule has 1 fully saturated rings. The molecule has 1 saturated heterocycles. The van der Waals surface area contributed by atoms with Gasteiger partial charge < -0.3 is 26.7 Å². The third kappa shape index (κ3) is 5.49. The Kier molecular flexibility index (Phi) is 8.45. The van der Waals surface area contributed by atoms with Crippen LogP contribution in [-0.2, 0) is 19.2 Å². The van der Waals surface area contributed by atoms with E-state index in [9.17, 15) is 19.5 Å². The molecule has 0 bridgehead atoms. The first-order valence-corrected chi connectivity index (χ1v) is 14.4. The lowest BCUT2D eigenvalue weighted by atomic mass is 10.0. The Balaban J connectivity index is 1.50. The molecule has 36 heavy (non-hydrogen) atoms. The van der Waals surface area contributed by atoms with Gasteiger partial charge in [-0.15, -0.1) is 33.3 Å². The molecule has 0 spiro atoms. The SMILES string of the molecule is CCC(CN)O/N=C(/C(=O)NC1C(=O)N2C(C(=O)O)=C(CSc3nncs3)CS[C@H]12)c1csc(N)n1. The van der Waals surface area contributed by atoms with E-state index in [1.165, 1.54) is 39.8 Å². The number of thiazole rings is 1. The number of anilines is 1. The second-order valence-corrected chi connectivity index (χ2v) is 11.5. The molecule has 2 amide bonds. The van der Waals surface area contributed by atoms with Crippen LogP contribution >= 0.6 is 46.2 Å². The number of oxime groups is 1. The number of thioether (sulfide) groups is 2. The number of rotatable bonds is 11. The summed E-state index contributed by atoms with van der Waals surface area (Å²) in [7, 11) is 0. The molecule has 2 aromatic rings. The molecule has 13 nitrogen and oxygen atoms in total. The van der Waals surface area contributed by atoms with Gasteiger partial charge in [-0.3, -0.25) is 14.5 Å². The summed E-state index contributed by atoms with van der Waals surface area (Å²) in [6.45, 7) is 2.07. The van der Waals surface area contributed by atoms with Crippen molar-refractivity contribution in [2.75, 3.05) is 23.8 Å². The van der Waals surface area contributed by atoms with Crippen LogP contribution in [0.3, 0.4) is 0 Å². The molecule has 0 saturated carbocycles. The number of hydrogen-bond donors (Lipinski definition) is 4. The van der Waals surface area contributed by atoms with Gasteiger partial charge in [0.1, 0.15) is 34.4 Å². The van der Waals surface area contributed by atoms with Crippen molar-refractivity contribution in [2.45, 2.75) is 35.2 Å². The van der Waals surface area contributed by atoms with Crippen molar-refractivity contribution < 1.29 is 24.3 Å². The van der Waals surface area contributed by atoms with Crippen molar-refractivity contribution in [3.63, 3.8) is 0 Å². The maximum absolute atomic E-state index is 13.1. The first kappa shape index (κ1) is 26.3. The minimum atomic E-state index is -1.20. The molecule has 0 radical (unpaired) electrons. The predicted octanol–water partition coefficient (Wildman–Crippen LogP) is 0.566. The van der Waals surface area contributed by atoms with Gasteiger partial charge in [-0.2, -0.15) is 0 Å². The Morgan fingerprint density at radius 1 is 1.44 bits per heavy atom. The highest BCUT2D eigenvalue weighted by atomic mass is 32.2. The number of carbonyl (C=O) groups excluding carboxylic acids is 2. The summed E-state index contributed by atoms with van der Waals surface area (Å²) in [4.78, 5) is 48.9. The van der Waals surface area contributed by atoms with Crippen molar-refractivity contribution in [2.24, 2.45) is 10.9 Å². The topological polar surface area (TPSA) is 199 Å². The second kappa shape index (κ2) is 11.5. The molecule has 2 aliphatic rings. The first-order chi connectivity index (χ1) is 17.3. The van der Waals surface area contributed by atoms with E-state index in [4.69, 9.17) is 16.3 Å². The summed E-state index contributed by atoms with van der Waals surface area (Å²) in [5, 5.41) is 25.4. The number of fused-ring (bicyclic) bond motifs is 1. The number of β-lactam (4-membered cyclic amide) rings is 1. The maximum Gasteiger partial charge on any atom is 0.352 e. The highest BCUT2D eigenvalue weighted by molar-refractivity contribution is 8.01. The summed E-state index contributed by atoms with van der Waals surface area (Å²) < 4.78 is 0.705. The zero-order valence-electron chi connectivity index (χ0n) is 18.8. The predicted molar refractivity (Wildman–Crippen MR) is 138 cm³/mol. The minimum absolute atomic E-state index is 0.0653. The van der Waals surface area contributed by atoms with Crippen LogP contribution in [-0.4, -0.2) is 84.3 Å². The van der Waals surface area contributed by atoms with Crippen LogP contribution < -0.4 is 16.8 Å². The van der Waals surface area contributed by atoms with Crippen molar-refractivity contribution >= 4 is 74.8 Å². The number of aromatic nitrogens is 3. The zero-order chi connectivity index (χ0) is 25.8. The fraction of sp³-hybridized carbons (Fsp3) is 0.421. The summed E-state index contributed by atoms with van der Waals surface area (Å²) in [5.74, 6) is -1.68. The molecule has 4 rings (SSSR count). The van der Waals surface area contributed by atoms with E-state index >= 15 is 0 Å². The molecule has 0 aromatic carbocycles. The summed E-state index contributed by atoms with van der Waals surface area (Å²) in [5.41, 5.74) is 13.5. The fourth-order valence-corrected chi connectivity index (χ4v) is 6.91. The van der Waals surface area contributed by atoms with Crippen LogP contribution in [0, 0.1) is 0 Å². The number of carboxylic acids is 1. The third-order valence-electron chi connectivity index (χ3n) is 5.24. The average molecular weight is 571 g/mol. The summed E-state index contributed by atoms with van der Waals surface area (Å²) in [6, 6.07) is -0.938. The van der Waals surface area contributed by atoms with E-state index in [0.717, 1.165) is 11.3 Å². The van der Waals surface area contributed by atoms with E-state index in [1.807, 2.05) is 6.92 Å². The number of hydrogen-bond acceptors (Lipinski definition) is 14. The van der Waals surface area contributed by atoms with Crippen LogP contribution in [0.4, 0.5) is 5.13 Å². The number of nitrogens with one attached hydrogen (secondary N) is 1. The van der Waals surface area contributed by atoms with Crippen LogP contribution in [0.15, 0.2) is 31.7 Å². The van der Waals surface area contributed by atoms with E-state index in [0.29, 0.717) is 27.8 Å². The lowest BCUT2D eigenvalue weighted by Crippen LogP contribution is -2.71. The number of carboxylic acid groups (broad SMARTS) is 1. The molecule has 2 unspecified atom stereocenters. The smallest absolute Gasteiger partial charge is 0.352 e. The highest BCUT2D eigenvalue weighted by Gasteiger charge is 2.54. The quantitative estimate of drug-likeness (QED) is 0.127. The lowest BCUT2D eigenvalue weighted by molar-refractivity contribution is -0.150. The number of carbonyl (C=O) groups is 3. The molecule has 6 N–H and O–H groups in total. The number of nitrogen functional groups attached to an aromatic ring is 1. The lowest BCUT2D eigenvalue weighted by Gasteiger charge is -2.49. The monoisotopic (exact) mass is 570 g/mol. The Hall–Kier alpha value is -2.73. The van der Waals surface area contributed by atoms with E-state index < -0.39 is 35.3 Å². The second-order valence-electron chi connectivity index (χ2n) is 7.49. The minimum Gasteiger partial charge on any atom is -0.477 e. The fourth-order valence-electron chi connectivity index (χ4n) is 3.39. The standard InChI is InChI=1S/C19H22N8O5S4/c1-2-9(3-20)32-26-11(10-6-34-18(21)23-10)14(28)24-12-15(29)27-13(17(30)31)8(4-33-16(12)27)5-35-19-25-22-7-36-19/h6-7,9,12,16H,2-5,20H2,1H3,(H2,21,23)(H,24,28)(H,30,31)/b26-11+/t9?,12?,16-/m1/s1. The van der Waals surface area contributed by atoms with Crippen LogP contribution in [0.25, 0.3) is 0 Å². The van der Waals surface area contributed by atoms with Crippen molar-refractivity contribution in [3.8, 4) is 0 Å². The van der Waals surface area contributed by atoms with Gasteiger partial charge in [-0.05, 0) is 12.0 Å². The van der Waals surface area contributed by atoms with Gasteiger partial charge in [0, 0.05) is 23.4 Å². The van der Waals surface area contributed by atoms with Gasteiger partial charge in [0.2, 0.25) is 0 Å². The third-order valence-corrected chi connectivity index (χ3v) is 9.20. The first-order valence-electron chi connectivity index (χ1n) is 10.6. The Labute approximate surface area is 221 Å². The van der Waals surface area contributed by atoms with Gasteiger partial charge in [0.05, 0.1) is 0 Å². The summed E-state index contributed by atoms with van der Waals surface area (Å²) >= 11 is 5.21. The molecule has 192 valence electrons. The Bertz CT molecular complexity index is 1200. The normalized spacial score (nSPS) is 20.6. The summed E-state index contributed by atoms with van der Waals surface area (Å²) in [6.07, 6.45) is 0.172. The van der Waals surface area contributed by atoms with E-state index in [-0.39, 0.29) is 28.8 Å². The molecule has 2 aliphatic heterocycles. The number of nitrogens with two attached hydrogens (primary N) is 2. The van der Waals surface area contributed by atoms with E-state index in [1.54, 1.807) is 10.9 Å². The van der Waals surface area contributed by atoms with Crippen molar-refractivity contribution in [1.82, 2.24) is 25.4 Å². The number of amides is 2. The molecular formula is C19H22N8O5S4. The van der Waals surface area contributed by atoms with Gasteiger partial charge >= 0.3 is 5.97 Å². The Morgan fingerprint density at radius 2 is 2.25 bits per heavy atom. The molecule has 2 aromatic heterocycles. The number of aliphatic carboxylic acids is 1. The van der Waals surface area contributed by atoms with Crippen LogP contribution in [0.5, 0.6) is 0 Å². The molecule has 3 atom stereocenters.